The Morgan fingerprint density at radius 2 is 1.22 bits per heavy atom. The first-order valence-corrected chi connectivity index (χ1v) is 19.9. The quantitative estimate of drug-likeness (QED) is 0.128. The lowest BCUT2D eigenvalue weighted by Crippen LogP contribution is -2.51. The number of hydrogen-bond acceptors (Lipinski definition) is 7. The Labute approximate surface area is 339 Å². The molecule has 6 rings (SSSR count). The van der Waals surface area contributed by atoms with Gasteiger partial charge in [-0.25, -0.2) is 19.6 Å². The van der Waals surface area contributed by atoms with Gasteiger partial charge in [0.2, 0.25) is 11.8 Å². The van der Waals surface area contributed by atoms with Crippen molar-refractivity contribution < 1.29 is 29.0 Å². The van der Waals surface area contributed by atoms with E-state index in [0.29, 0.717) is 24.7 Å². The van der Waals surface area contributed by atoms with Crippen molar-refractivity contribution in [2.75, 3.05) is 27.2 Å². The first-order valence-electron chi connectivity index (χ1n) is 19.9. The van der Waals surface area contributed by atoms with Gasteiger partial charge in [-0.2, -0.15) is 0 Å². The summed E-state index contributed by atoms with van der Waals surface area (Å²) in [7, 11) is 2.73. The van der Waals surface area contributed by atoms with Crippen LogP contribution in [-0.2, 0) is 14.3 Å². The standard InChI is InChI=1S/C44H54N8O6/c1-25(2)37(49-43(55)58-8)41(53)51-23-27(5)19-35(51)39-45-21-33(47-39)31-15-11-29(12-16-31)9-10-30-13-17-32(18-14-30)34-22-46-40(48-34)36-20-28(6)24-52(36)42(54)38(26(3)4)50(7)44(56)57/h11-18,21-22,25-28,35-38H,19-20,23-24H2,1-8H3,(H,45,47)(H,46,48)(H,49,55)(H,56,57)/t27-,28-,35-,36-,37-,38-/m0/s1. The monoisotopic (exact) mass is 790 g/mol. The van der Waals surface area contributed by atoms with E-state index < -0.39 is 24.3 Å². The van der Waals surface area contributed by atoms with Crippen LogP contribution in [0.4, 0.5) is 9.59 Å². The van der Waals surface area contributed by atoms with Crippen LogP contribution in [0.25, 0.3) is 22.5 Å². The number of rotatable bonds is 10. The first-order chi connectivity index (χ1) is 27.6. The van der Waals surface area contributed by atoms with Crippen LogP contribution in [0.3, 0.4) is 0 Å². The lowest BCUT2D eigenvalue weighted by Gasteiger charge is -2.33. The zero-order valence-corrected chi connectivity index (χ0v) is 34.4. The van der Waals surface area contributed by atoms with Gasteiger partial charge in [-0.1, -0.05) is 77.6 Å². The maximum absolute atomic E-state index is 13.7. The van der Waals surface area contributed by atoms with Crippen molar-refractivity contribution in [1.82, 2.24) is 40.0 Å². The summed E-state index contributed by atoms with van der Waals surface area (Å²) in [6.45, 7) is 12.8. The van der Waals surface area contributed by atoms with Gasteiger partial charge in [0.05, 0.1) is 43.0 Å². The normalized spacial score (nSPS) is 20.1. The minimum absolute atomic E-state index is 0.119. The molecule has 14 nitrogen and oxygen atoms in total. The molecule has 4 amide bonds. The molecule has 2 aliphatic rings. The third-order valence-electron chi connectivity index (χ3n) is 11.1. The average molecular weight is 791 g/mol. The lowest BCUT2D eigenvalue weighted by atomic mass is 10.0. The number of H-pyrrole nitrogens is 2. The van der Waals surface area contributed by atoms with E-state index in [1.54, 1.807) is 17.3 Å². The molecule has 0 spiro atoms. The molecule has 0 aliphatic carbocycles. The molecule has 0 radical (unpaired) electrons. The van der Waals surface area contributed by atoms with E-state index >= 15 is 0 Å². The number of imidazole rings is 2. The second kappa shape index (κ2) is 17.6. The lowest BCUT2D eigenvalue weighted by molar-refractivity contribution is -0.138. The molecule has 4 N–H and O–H groups in total. The number of hydrogen-bond donors (Lipinski definition) is 4. The Morgan fingerprint density at radius 1 is 0.776 bits per heavy atom. The van der Waals surface area contributed by atoms with Gasteiger partial charge in [0, 0.05) is 31.3 Å². The van der Waals surface area contributed by atoms with Crippen LogP contribution in [0.15, 0.2) is 60.9 Å². The number of aromatic nitrogens is 4. The van der Waals surface area contributed by atoms with Crippen LogP contribution in [0.5, 0.6) is 0 Å². The summed E-state index contributed by atoms with van der Waals surface area (Å²) in [4.78, 5) is 72.0. The number of carbonyl (C=O) groups excluding carboxylic acids is 3. The van der Waals surface area contributed by atoms with Crippen molar-refractivity contribution in [1.29, 1.82) is 0 Å². The zero-order chi connectivity index (χ0) is 41.8. The summed E-state index contributed by atoms with van der Waals surface area (Å²) in [6.07, 6.45) is 3.28. The number of carboxylic acid groups (broad SMARTS) is 1. The minimum Gasteiger partial charge on any atom is -0.465 e. The molecular weight excluding hydrogens is 737 g/mol. The number of ether oxygens (including phenoxy) is 1. The molecule has 14 heteroatoms. The topological polar surface area (TPSA) is 177 Å². The third kappa shape index (κ3) is 9.04. The number of nitrogens with one attached hydrogen (secondary N) is 3. The highest BCUT2D eigenvalue weighted by Gasteiger charge is 2.42. The van der Waals surface area contributed by atoms with Gasteiger partial charge in [0.25, 0.3) is 0 Å². The molecular formula is C44H54N8O6. The Balaban J connectivity index is 1.10. The van der Waals surface area contributed by atoms with Crippen LogP contribution >= 0.6 is 0 Å². The molecule has 2 aliphatic heterocycles. The average Bonchev–Trinajstić information content (AvgIpc) is 4.02. The fraction of sp³-hybridized carbons (Fsp3) is 0.455. The summed E-state index contributed by atoms with van der Waals surface area (Å²) in [5.41, 5.74) is 5.22. The Bertz CT molecular complexity index is 2160. The number of likely N-dealkylation sites (N-methyl/N-ethyl adjacent to an activating group) is 1. The predicted molar refractivity (Wildman–Crippen MR) is 219 cm³/mol. The highest BCUT2D eigenvalue weighted by molar-refractivity contribution is 5.87. The van der Waals surface area contributed by atoms with Gasteiger partial charge in [0.1, 0.15) is 23.7 Å². The van der Waals surface area contributed by atoms with Crippen molar-refractivity contribution in [3.63, 3.8) is 0 Å². The Morgan fingerprint density at radius 3 is 1.62 bits per heavy atom. The third-order valence-corrected chi connectivity index (χ3v) is 11.1. The number of carbonyl (C=O) groups is 4. The largest absolute Gasteiger partial charge is 0.465 e. The fourth-order valence-corrected chi connectivity index (χ4v) is 8.08. The Kier molecular flexibility index (Phi) is 12.6. The van der Waals surface area contributed by atoms with Crippen LogP contribution < -0.4 is 5.32 Å². The summed E-state index contributed by atoms with van der Waals surface area (Å²) in [5.74, 6) is 7.74. The number of likely N-dealkylation sites (tertiary alicyclic amines) is 2. The molecule has 0 bridgehead atoms. The van der Waals surface area contributed by atoms with Crippen molar-refractivity contribution in [3.05, 3.63) is 83.7 Å². The van der Waals surface area contributed by atoms with Crippen molar-refractivity contribution in [2.24, 2.45) is 23.7 Å². The zero-order valence-electron chi connectivity index (χ0n) is 34.4. The number of nitrogens with zero attached hydrogens (tertiary/aromatic N) is 5. The van der Waals surface area contributed by atoms with Crippen molar-refractivity contribution in [3.8, 4) is 34.4 Å². The van der Waals surface area contributed by atoms with Crippen LogP contribution in [0.2, 0.25) is 0 Å². The number of aromatic amines is 2. The van der Waals surface area contributed by atoms with Crippen LogP contribution in [0.1, 0.15) is 89.2 Å². The summed E-state index contributed by atoms with van der Waals surface area (Å²) in [5, 5.41) is 12.3. The second-order valence-corrected chi connectivity index (χ2v) is 16.4. The second-order valence-electron chi connectivity index (χ2n) is 16.4. The van der Waals surface area contributed by atoms with Crippen LogP contribution in [-0.4, -0.2) is 103 Å². The highest BCUT2D eigenvalue weighted by Crippen LogP contribution is 2.37. The number of methoxy groups -OCH3 is 1. The van der Waals surface area contributed by atoms with E-state index in [2.05, 4.69) is 50.9 Å². The van der Waals surface area contributed by atoms with E-state index in [1.807, 2.05) is 81.1 Å². The molecule has 4 aromatic rings. The number of alkyl carbamates (subject to hydrolysis) is 1. The van der Waals surface area contributed by atoms with Gasteiger partial charge < -0.3 is 34.9 Å². The van der Waals surface area contributed by atoms with E-state index in [4.69, 9.17) is 4.74 Å². The highest BCUT2D eigenvalue weighted by atomic mass is 16.5. The van der Waals surface area contributed by atoms with Crippen molar-refractivity contribution >= 4 is 24.0 Å². The van der Waals surface area contributed by atoms with Gasteiger partial charge in [0.15, 0.2) is 0 Å². The SMILES string of the molecule is COC(=O)N[C@H](C(=O)N1C[C@@H](C)C[C@H]1c1ncc(-c2ccc(C#Cc3ccc(-c4cnc([C@@H]5C[C@H](C)CN5C(=O)[C@H](C(C)C)N(C)C(=O)O)[nH]4)cc3)cc2)[nH]1)C(C)C. The summed E-state index contributed by atoms with van der Waals surface area (Å²) < 4.78 is 4.77. The predicted octanol–water partition coefficient (Wildman–Crippen LogP) is 6.70. The molecule has 2 aromatic heterocycles. The van der Waals surface area contributed by atoms with E-state index in [1.165, 1.54) is 14.2 Å². The molecule has 0 unspecified atom stereocenters. The Hall–Kier alpha value is -6.10. The maximum atomic E-state index is 13.7. The summed E-state index contributed by atoms with van der Waals surface area (Å²) in [6, 6.07) is 13.8. The molecule has 4 heterocycles. The smallest absolute Gasteiger partial charge is 0.407 e. The number of amides is 4. The van der Waals surface area contributed by atoms with E-state index in [0.717, 1.165) is 51.4 Å². The van der Waals surface area contributed by atoms with E-state index in [-0.39, 0.29) is 47.6 Å². The fourth-order valence-electron chi connectivity index (χ4n) is 8.08. The van der Waals surface area contributed by atoms with Gasteiger partial charge >= 0.3 is 12.2 Å². The molecule has 0 saturated carbocycles. The van der Waals surface area contributed by atoms with Gasteiger partial charge in [-0.3, -0.25) is 14.5 Å². The van der Waals surface area contributed by atoms with Gasteiger partial charge in [-0.05, 0) is 71.9 Å². The van der Waals surface area contributed by atoms with Gasteiger partial charge in [-0.15, -0.1) is 0 Å². The molecule has 306 valence electrons. The number of benzene rings is 2. The van der Waals surface area contributed by atoms with Crippen molar-refractivity contribution in [2.45, 2.75) is 78.6 Å². The molecule has 2 aromatic carbocycles. The molecule has 58 heavy (non-hydrogen) atoms. The van der Waals surface area contributed by atoms with Crippen LogP contribution in [0, 0.1) is 35.5 Å². The minimum atomic E-state index is -1.13. The molecule has 2 saturated heterocycles. The first kappa shape index (κ1) is 41.5. The maximum Gasteiger partial charge on any atom is 0.407 e. The molecule has 6 atom stereocenters. The van der Waals surface area contributed by atoms with E-state index in [9.17, 15) is 24.3 Å². The summed E-state index contributed by atoms with van der Waals surface area (Å²) >= 11 is 0. The molecule has 2 fully saturated rings.